The van der Waals surface area contributed by atoms with E-state index in [0.717, 1.165) is 24.1 Å². The molecule has 0 radical (unpaired) electrons. The zero-order valence-electron chi connectivity index (χ0n) is 9.89. The highest BCUT2D eigenvalue weighted by atomic mass is 16.3. The van der Waals surface area contributed by atoms with Gasteiger partial charge in [0.2, 0.25) is 0 Å². The number of hydrogen-bond acceptors (Lipinski definition) is 3. The van der Waals surface area contributed by atoms with Gasteiger partial charge in [0.05, 0.1) is 6.61 Å². The molecule has 0 bridgehead atoms. The summed E-state index contributed by atoms with van der Waals surface area (Å²) in [6.45, 7) is 0.734. The first-order chi connectivity index (χ1) is 8.24. The van der Waals surface area contributed by atoms with Crippen LogP contribution in [-0.4, -0.2) is 30.1 Å². The van der Waals surface area contributed by atoms with Crippen LogP contribution in [0.3, 0.4) is 0 Å². The summed E-state index contributed by atoms with van der Waals surface area (Å²) in [4.78, 5) is 2.18. The molecule has 4 nitrogen and oxygen atoms in total. The number of anilines is 1. The van der Waals surface area contributed by atoms with Crippen LogP contribution in [-0.2, 0) is 0 Å². The molecule has 1 fully saturated rings. The Morgan fingerprint density at radius 3 is 2.65 bits per heavy atom. The first-order valence-corrected chi connectivity index (χ1v) is 6.05. The SMILES string of the molecule is N=C(N)c1ccccc1N(CCO)C1CCC1. The molecule has 92 valence electrons. The third kappa shape index (κ3) is 2.42. The van der Waals surface area contributed by atoms with Gasteiger partial charge in [-0.25, -0.2) is 0 Å². The highest BCUT2D eigenvalue weighted by Gasteiger charge is 2.26. The molecular formula is C13H19N3O. The lowest BCUT2D eigenvalue weighted by atomic mass is 9.90. The van der Waals surface area contributed by atoms with Crippen molar-refractivity contribution < 1.29 is 5.11 Å². The molecule has 17 heavy (non-hydrogen) atoms. The van der Waals surface area contributed by atoms with E-state index in [0.29, 0.717) is 12.6 Å². The van der Waals surface area contributed by atoms with Gasteiger partial charge in [-0.15, -0.1) is 0 Å². The van der Waals surface area contributed by atoms with Gasteiger partial charge in [-0.3, -0.25) is 5.41 Å². The minimum absolute atomic E-state index is 0.0860. The topological polar surface area (TPSA) is 73.3 Å². The lowest BCUT2D eigenvalue weighted by molar-refractivity contribution is 0.283. The maximum absolute atomic E-state index is 9.17. The van der Waals surface area contributed by atoms with Gasteiger partial charge >= 0.3 is 0 Å². The van der Waals surface area contributed by atoms with E-state index < -0.39 is 0 Å². The zero-order chi connectivity index (χ0) is 12.3. The van der Waals surface area contributed by atoms with Crippen molar-refractivity contribution in [3.63, 3.8) is 0 Å². The minimum atomic E-state index is 0.0860. The number of nitrogen functional groups attached to an aromatic ring is 1. The Labute approximate surface area is 102 Å². The molecule has 0 spiro atoms. The van der Waals surface area contributed by atoms with Crippen LogP contribution in [0.5, 0.6) is 0 Å². The molecule has 4 heteroatoms. The second-order valence-corrected chi connectivity index (χ2v) is 4.43. The molecule has 1 saturated carbocycles. The number of hydrogen-bond donors (Lipinski definition) is 3. The first kappa shape index (κ1) is 11.9. The van der Waals surface area contributed by atoms with E-state index in [1.54, 1.807) is 0 Å². The van der Waals surface area contributed by atoms with Crippen LogP contribution < -0.4 is 10.6 Å². The second kappa shape index (κ2) is 5.19. The van der Waals surface area contributed by atoms with Crippen molar-refractivity contribution in [3.05, 3.63) is 29.8 Å². The van der Waals surface area contributed by atoms with E-state index in [9.17, 15) is 0 Å². The molecule has 0 unspecified atom stereocenters. The lowest BCUT2D eigenvalue weighted by Crippen LogP contribution is -2.42. The summed E-state index contributed by atoms with van der Waals surface area (Å²) in [6.07, 6.45) is 3.56. The van der Waals surface area contributed by atoms with Crippen molar-refractivity contribution in [1.82, 2.24) is 0 Å². The van der Waals surface area contributed by atoms with Crippen LogP contribution in [0.15, 0.2) is 24.3 Å². The summed E-state index contributed by atoms with van der Waals surface area (Å²) in [6, 6.07) is 8.16. The van der Waals surface area contributed by atoms with Crippen molar-refractivity contribution in [1.29, 1.82) is 5.41 Å². The van der Waals surface area contributed by atoms with Crippen molar-refractivity contribution in [3.8, 4) is 0 Å². The zero-order valence-corrected chi connectivity index (χ0v) is 9.89. The number of amidine groups is 1. The Kier molecular flexibility index (Phi) is 3.64. The van der Waals surface area contributed by atoms with E-state index in [4.69, 9.17) is 16.2 Å². The third-order valence-corrected chi connectivity index (χ3v) is 3.36. The Balaban J connectivity index is 2.30. The number of nitrogens with one attached hydrogen (secondary N) is 1. The van der Waals surface area contributed by atoms with Gasteiger partial charge in [0.15, 0.2) is 0 Å². The second-order valence-electron chi connectivity index (χ2n) is 4.43. The lowest BCUT2D eigenvalue weighted by Gasteiger charge is -2.39. The van der Waals surface area contributed by atoms with E-state index in [2.05, 4.69) is 4.90 Å². The van der Waals surface area contributed by atoms with Gasteiger partial charge in [-0.1, -0.05) is 12.1 Å². The van der Waals surface area contributed by atoms with Crippen LogP contribution in [0.1, 0.15) is 24.8 Å². The average Bonchev–Trinajstić information content (AvgIpc) is 2.26. The fraction of sp³-hybridized carbons (Fsp3) is 0.462. The highest BCUT2D eigenvalue weighted by Crippen LogP contribution is 2.31. The Hall–Kier alpha value is -1.55. The molecule has 0 aliphatic heterocycles. The summed E-state index contributed by atoms with van der Waals surface area (Å²) >= 11 is 0. The van der Waals surface area contributed by atoms with Crippen LogP contribution in [0, 0.1) is 5.41 Å². The Morgan fingerprint density at radius 1 is 1.41 bits per heavy atom. The molecule has 0 heterocycles. The third-order valence-electron chi connectivity index (χ3n) is 3.36. The van der Waals surface area contributed by atoms with Gasteiger partial charge in [-0.2, -0.15) is 0 Å². The van der Waals surface area contributed by atoms with E-state index in [-0.39, 0.29) is 12.4 Å². The van der Waals surface area contributed by atoms with E-state index in [1.165, 1.54) is 6.42 Å². The van der Waals surface area contributed by atoms with Gasteiger partial charge in [0, 0.05) is 23.8 Å². The standard InChI is InChI=1S/C13H19N3O/c14-13(15)11-6-1-2-7-12(11)16(8-9-17)10-4-3-5-10/h1-2,6-7,10,17H,3-5,8-9H2,(H3,14,15). The minimum Gasteiger partial charge on any atom is -0.395 e. The summed E-state index contributed by atoms with van der Waals surface area (Å²) in [5, 5.41) is 16.8. The molecule has 2 rings (SSSR count). The van der Waals surface area contributed by atoms with Crippen molar-refractivity contribution in [2.75, 3.05) is 18.1 Å². The number of nitrogens with zero attached hydrogens (tertiary/aromatic N) is 1. The monoisotopic (exact) mass is 233 g/mol. The van der Waals surface area contributed by atoms with E-state index >= 15 is 0 Å². The van der Waals surface area contributed by atoms with Gasteiger partial charge in [0.25, 0.3) is 0 Å². The molecule has 0 aromatic heterocycles. The van der Waals surface area contributed by atoms with Crippen molar-refractivity contribution in [2.45, 2.75) is 25.3 Å². The number of aliphatic hydroxyl groups excluding tert-OH is 1. The molecule has 4 N–H and O–H groups in total. The number of para-hydroxylation sites is 1. The number of benzene rings is 1. The first-order valence-electron chi connectivity index (χ1n) is 6.05. The molecule has 1 aromatic rings. The van der Waals surface area contributed by atoms with Gasteiger partial charge in [-0.05, 0) is 31.4 Å². The smallest absolute Gasteiger partial charge is 0.124 e. The highest BCUT2D eigenvalue weighted by molar-refractivity contribution is 6.00. The average molecular weight is 233 g/mol. The fourth-order valence-electron chi connectivity index (χ4n) is 2.26. The molecule has 0 atom stereocenters. The quantitative estimate of drug-likeness (QED) is 0.530. The largest absolute Gasteiger partial charge is 0.395 e. The summed E-state index contributed by atoms with van der Waals surface area (Å²) < 4.78 is 0. The van der Waals surface area contributed by atoms with Crippen molar-refractivity contribution in [2.24, 2.45) is 5.73 Å². The molecule has 1 aliphatic rings. The number of aliphatic hydroxyl groups is 1. The predicted octanol–water partition coefficient (Wildman–Crippen LogP) is 1.32. The molecule has 1 aromatic carbocycles. The Bertz CT molecular complexity index is 401. The maximum atomic E-state index is 9.17. The summed E-state index contributed by atoms with van der Waals surface area (Å²) in [7, 11) is 0. The number of nitrogens with two attached hydrogens (primary N) is 1. The molecule has 1 aliphatic carbocycles. The maximum Gasteiger partial charge on any atom is 0.124 e. The summed E-state index contributed by atoms with van der Waals surface area (Å²) in [5.74, 6) is 0.0860. The number of rotatable bonds is 5. The van der Waals surface area contributed by atoms with Crippen LogP contribution >= 0.6 is 0 Å². The normalized spacial score (nSPS) is 15.4. The molecular weight excluding hydrogens is 214 g/mol. The van der Waals surface area contributed by atoms with Crippen LogP contribution in [0.2, 0.25) is 0 Å². The molecule has 0 saturated heterocycles. The van der Waals surface area contributed by atoms with Gasteiger partial charge in [0.1, 0.15) is 5.84 Å². The van der Waals surface area contributed by atoms with Crippen molar-refractivity contribution >= 4 is 11.5 Å². The molecule has 0 amide bonds. The van der Waals surface area contributed by atoms with Crippen LogP contribution in [0.25, 0.3) is 0 Å². The Morgan fingerprint density at radius 2 is 2.12 bits per heavy atom. The fourth-order valence-corrected chi connectivity index (χ4v) is 2.26. The predicted molar refractivity (Wildman–Crippen MR) is 69.5 cm³/mol. The summed E-state index contributed by atoms with van der Waals surface area (Å²) in [5.41, 5.74) is 7.33. The van der Waals surface area contributed by atoms with E-state index in [1.807, 2.05) is 24.3 Å². The van der Waals surface area contributed by atoms with Crippen LogP contribution in [0.4, 0.5) is 5.69 Å². The van der Waals surface area contributed by atoms with Gasteiger partial charge < -0.3 is 15.7 Å².